The third kappa shape index (κ3) is 4.76. The molecule has 0 spiro atoms. The van der Waals surface area contributed by atoms with Gasteiger partial charge in [0.25, 0.3) is 0 Å². The monoisotopic (exact) mass is 474 g/mol. The third-order valence-corrected chi connectivity index (χ3v) is 7.44. The first-order chi connectivity index (χ1) is 16.6. The van der Waals surface area contributed by atoms with Gasteiger partial charge >= 0.3 is 0 Å². The van der Waals surface area contributed by atoms with Crippen LogP contribution in [0.25, 0.3) is 5.57 Å². The highest BCUT2D eigenvalue weighted by Gasteiger charge is 2.33. The van der Waals surface area contributed by atoms with Crippen LogP contribution in [-0.2, 0) is 5.60 Å². The van der Waals surface area contributed by atoms with Crippen LogP contribution < -0.4 is 4.74 Å². The lowest BCUT2D eigenvalue weighted by Gasteiger charge is -2.38. The summed E-state index contributed by atoms with van der Waals surface area (Å²) in [5.74, 6) is 1.92. The first-order valence-corrected chi connectivity index (χ1v) is 12.6. The number of hydrogen-bond acceptors (Lipinski definition) is 4. The molecule has 1 aliphatic carbocycles. The molecular formula is C29H31ClN2O2. The van der Waals surface area contributed by atoms with Crippen LogP contribution in [0.5, 0.6) is 5.88 Å². The van der Waals surface area contributed by atoms with E-state index in [0.717, 1.165) is 62.2 Å². The van der Waals surface area contributed by atoms with Gasteiger partial charge in [0, 0.05) is 47.9 Å². The van der Waals surface area contributed by atoms with Gasteiger partial charge < -0.3 is 14.7 Å². The summed E-state index contributed by atoms with van der Waals surface area (Å²) in [5, 5.41) is 11.9. The number of nitrogens with zero attached hydrogens (tertiary/aromatic N) is 2. The first kappa shape index (κ1) is 23.1. The fraction of sp³-hybridized carbons (Fsp3) is 0.345. The van der Waals surface area contributed by atoms with E-state index in [1.807, 2.05) is 36.4 Å². The van der Waals surface area contributed by atoms with E-state index >= 15 is 0 Å². The molecule has 3 heterocycles. The molecule has 1 aromatic carbocycles. The van der Waals surface area contributed by atoms with Crippen LogP contribution in [0.3, 0.4) is 0 Å². The minimum Gasteiger partial charge on any atom is -0.438 e. The molecule has 1 saturated heterocycles. The van der Waals surface area contributed by atoms with Crippen LogP contribution in [0.1, 0.15) is 43.7 Å². The van der Waals surface area contributed by atoms with Gasteiger partial charge in [-0.2, -0.15) is 0 Å². The number of ether oxygens (including phenoxy) is 1. The lowest BCUT2D eigenvalue weighted by molar-refractivity contribution is -0.0254. The van der Waals surface area contributed by atoms with E-state index in [1.165, 1.54) is 11.1 Å². The second-order valence-electron chi connectivity index (χ2n) is 9.32. The van der Waals surface area contributed by atoms with Gasteiger partial charge in [0.15, 0.2) is 0 Å². The molecule has 5 heteroatoms. The average Bonchev–Trinajstić information content (AvgIpc) is 3.02. The molecular weight excluding hydrogens is 444 g/mol. The second kappa shape index (κ2) is 9.91. The molecule has 2 aliphatic heterocycles. The summed E-state index contributed by atoms with van der Waals surface area (Å²) < 4.78 is 6.23. The standard InChI is InChI=1S/C29H31ClN2O2/c1-2-21-6-3-9-27-26(21)20-22(25-8-4-16-31-28(25)34-27)7-5-17-32-18-14-29(33,15-19-32)23-10-12-24(30)13-11-23/h3-4,6-13,16,20-21,33H,2,5,14-15,17-19H2,1H3. The van der Waals surface area contributed by atoms with Gasteiger partial charge in [-0.05, 0) is 73.2 Å². The second-order valence-corrected chi connectivity index (χ2v) is 9.75. The number of fused-ring (bicyclic) bond motifs is 2. The van der Waals surface area contributed by atoms with Crippen LogP contribution in [0.2, 0.25) is 5.02 Å². The Kier molecular flexibility index (Phi) is 6.73. The van der Waals surface area contributed by atoms with Gasteiger partial charge in [-0.3, -0.25) is 0 Å². The zero-order chi connectivity index (χ0) is 23.5. The Hall–Kier alpha value is -2.66. The summed E-state index contributed by atoms with van der Waals surface area (Å²) >= 11 is 6.02. The van der Waals surface area contributed by atoms with E-state index in [2.05, 4.69) is 47.2 Å². The summed E-state index contributed by atoms with van der Waals surface area (Å²) in [6, 6.07) is 11.7. The van der Waals surface area contributed by atoms with E-state index in [0.29, 0.717) is 16.8 Å². The first-order valence-electron chi connectivity index (χ1n) is 12.2. The summed E-state index contributed by atoms with van der Waals surface area (Å²) in [6.45, 7) is 4.92. The number of pyridine rings is 1. The maximum absolute atomic E-state index is 11.2. The maximum Gasteiger partial charge on any atom is 0.227 e. The van der Waals surface area contributed by atoms with E-state index < -0.39 is 5.60 Å². The van der Waals surface area contributed by atoms with Crippen molar-refractivity contribution in [2.24, 2.45) is 5.92 Å². The van der Waals surface area contributed by atoms with Crippen LogP contribution in [0.15, 0.2) is 84.3 Å². The molecule has 5 rings (SSSR count). The molecule has 176 valence electrons. The lowest BCUT2D eigenvalue weighted by atomic mass is 9.84. The Morgan fingerprint density at radius 3 is 2.76 bits per heavy atom. The average molecular weight is 475 g/mol. The van der Waals surface area contributed by atoms with Crippen molar-refractivity contribution in [2.45, 2.75) is 38.2 Å². The fourth-order valence-electron chi connectivity index (χ4n) is 5.09. The molecule has 4 nitrogen and oxygen atoms in total. The molecule has 0 saturated carbocycles. The normalized spacial score (nSPS) is 22.8. The Bertz CT molecular complexity index is 1150. The van der Waals surface area contributed by atoms with E-state index in [-0.39, 0.29) is 0 Å². The van der Waals surface area contributed by atoms with Crippen LogP contribution in [0, 0.1) is 5.92 Å². The van der Waals surface area contributed by atoms with Gasteiger partial charge in [-0.15, -0.1) is 0 Å². The highest BCUT2D eigenvalue weighted by molar-refractivity contribution is 6.30. The molecule has 1 atom stereocenters. The lowest BCUT2D eigenvalue weighted by Crippen LogP contribution is -2.42. The van der Waals surface area contributed by atoms with Gasteiger partial charge in [0.05, 0.1) is 5.60 Å². The molecule has 1 fully saturated rings. The highest BCUT2D eigenvalue weighted by Crippen LogP contribution is 2.39. The van der Waals surface area contributed by atoms with E-state index in [9.17, 15) is 5.11 Å². The molecule has 1 unspecified atom stereocenters. The van der Waals surface area contributed by atoms with Crippen LogP contribution in [0.4, 0.5) is 0 Å². The number of benzene rings is 1. The number of likely N-dealkylation sites (tertiary alicyclic amines) is 1. The molecule has 0 bridgehead atoms. The van der Waals surface area contributed by atoms with Crippen LogP contribution >= 0.6 is 11.6 Å². The van der Waals surface area contributed by atoms with Crippen molar-refractivity contribution in [3.63, 3.8) is 0 Å². The van der Waals surface area contributed by atoms with Gasteiger partial charge in [0.1, 0.15) is 5.76 Å². The van der Waals surface area contributed by atoms with Gasteiger partial charge in [0.2, 0.25) is 5.88 Å². The van der Waals surface area contributed by atoms with Crippen molar-refractivity contribution in [3.8, 4) is 5.88 Å². The Balaban J connectivity index is 1.29. The zero-order valence-corrected chi connectivity index (χ0v) is 20.3. The molecule has 1 aromatic heterocycles. The molecule has 3 aliphatic rings. The molecule has 1 N–H and O–H groups in total. The predicted molar refractivity (Wildman–Crippen MR) is 138 cm³/mol. The van der Waals surface area contributed by atoms with Crippen molar-refractivity contribution in [2.75, 3.05) is 19.6 Å². The van der Waals surface area contributed by atoms with Crippen molar-refractivity contribution in [1.82, 2.24) is 9.88 Å². The van der Waals surface area contributed by atoms with Crippen molar-refractivity contribution >= 4 is 17.2 Å². The van der Waals surface area contributed by atoms with Gasteiger partial charge in [-0.25, -0.2) is 4.98 Å². The SMILES string of the molecule is CCC1C=CC=C2Oc3ncccc3C(=CCCN3CCC(O)(c4ccc(Cl)cc4)CC3)C=C21. The maximum atomic E-state index is 11.2. The minimum absolute atomic E-state index is 0.352. The van der Waals surface area contributed by atoms with E-state index in [1.54, 1.807) is 6.20 Å². The number of halogens is 1. The van der Waals surface area contributed by atoms with Crippen LogP contribution in [-0.4, -0.2) is 34.6 Å². The summed E-state index contributed by atoms with van der Waals surface area (Å²) in [7, 11) is 0. The van der Waals surface area contributed by atoms with Crippen molar-refractivity contribution in [1.29, 1.82) is 0 Å². The van der Waals surface area contributed by atoms with Crippen molar-refractivity contribution < 1.29 is 9.84 Å². The summed E-state index contributed by atoms with van der Waals surface area (Å²) in [4.78, 5) is 6.95. The number of allylic oxidation sites excluding steroid dienone is 6. The van der Waals surface area contributed by atoms with E-state index in [4.69, 9.17) is 16.3 Å². The molecule has 34 heavy (non-hydrogen) atoms. The number of hydrogen-bond donors (Lipinski definition) is 1. The highest BCUT2D eigenvalue weighted by atomic mass is 35.5. The van der Waals surface area contributed by atoms with Crippen molar-refractivity contribution in [3.05, 3.63) is 100 Å². The number of piperidine rings is 1. The summed E-state index contributed by atoms with van der Waals surface area (Å²) in [5.41, 5.74) is 3.63. The van der Waals surface area contributed by atoms with Gasteiger partial charge in [-0.1, -0.05) is 48.9 Å². The largest absolute Gasteiger partial charge is 0.438 e. The number of rotatable bonds is 5. The fourth-order valence-corrected chi connectivity index (χ4v) is 5.22. The molecule has 0 amide bonds. The summed E-state index contributed by atoms with van der Waals surface area (Å²) in [6.07, 6.45) is 16.2. The Morgan fingerprint density at radius 1 is 1.21 bits per heavy atom. The topological polar surface area (TPSA) is 45.6 Å². The molecule has 0 radical (unpaired) electrons. The third-order valence-electron chi connectivity index (χ3n) is 7.19. The Morgan fingerprint density at radius 2 is 2.00 bits per heavy atom. The number of aliphatic hydroxyl groups is 1. The quantitative estimate of drug-likeness (QED) is 0.553. The zero-order valence-electron chi connectivity index (χ0n) is 19.6. The number of aromatic nitrogens is 1. The Labute approximate surface area is 206 Å². The minimum atomic E-state index is -0.764. The molecule has 2 aromatic rings. The smallest absolute Gasteiger partial charge is 0.227 e. The predicted octanol–water partition coefficient (Wildman–Crippen LogP) is 6.29.